The molecule has 0 radical (unpaired) electrons. The van der Waals surface area contributed by atoms with Crippen LogP contribution in [0.4, 0.5) is 5.69 Å². The summed E-state index contributed by atoms with van der Waals surface area (Å²) in [4.78, 5) is 11.0. The molecule has 2 aromatic carbocycles. The summed E-state index contributed by atoms with van der Waals surface area (Å²) in [6.07, 6.45) is 0.920. The Labute approximate surface area is 138 Å². The molecule has 122 valence electrons. The zero-order chi connectivity index (χ0) is 17.4. The van der Waals surface area contributed by atoms with Crippen LogP contribution in [-0.4, -0.2) is 5.11 Å². The van der Waals surface area contributed by atoms with Crippen molar-refractivity contribution >= 4 is 5.69 Å². The second kappa shape index (κ2) is 6.15. The predicted molar refractivity (Wildman–Crippen MR) is 95.7 cm³/mol. The third kappa shape index (κ3) is 2.88. The number of nitrogens with zero attached hydrogens (tertiary/aromatic N) is 1. The number of rotatable bonds is 4. The highest BCUT2D eigenvalue weighted by Crippen LogP contribution is 2.40. The molecule has 0 aromatic heterocycles. The molecule has 0 heterocycles. The molecule has 1 atom stereocenters. The van der Waals surface area contributed by atoms with E-state index >= 15 is 0 Å². The Morgan fingerprint density at radius 1 is 0.913 bits per heavy atom. The van der Waals surface area contributed by atoms with Crippen molar-refractivity contribution in [2.24, 2.45) is 5.18 Å². The monoisotopic (exact) mass is 311 g/mol. The Morgan fingerprint density at radius 3 is 1.65 bits per heavy atom. The van der Waals surface area contributed by atoms with Crippen molar-refractivity contribution in [3.05, 3.63) is 62.6 Å². The van der Waals surface area contributed by atoms with Crippen molar-refractivity contribution in [1.82, 2.24) is 0 Å². The van der Waals surface area contributed by atoms with Crippen molar-refractivity contribution in [2.45, 2.75) is 53.4 Å². The van der Waals surface area contributed by atoms with Crippen LogP contribution in [0.15, 0.2) is 29.4 Å². The van der Waals surface area contributed by atoms with Crippen molar-refractivity contribution in [2.75, 3.05) is 0 Å². The smallest absolute Gasteiger partial charge is 0.121 e. The molecule has 0 aliphatic carbocycles. The largest absolute Gasteiger partial charge is 0.507 e. The van der Waals surface area contributed by atoms with Crippen LogP contribution < -0.4 is 0 Å². The Kier molecular flexibility index (Phi) is 4.60. The van der Waals surface area contributed by atoms with E-state index in [9.17, 15) is 10.0 Å². The van der Waals surface area contributed by atoms with Crippen LogP contribution in [0.5, 0.6) is 5.75 Å². The summed E-state index contributed by atoms with van der Waals surface area (Å²) in [5.41, 5.74) is 6.29. The van der Waals surface area contributed by atoms with Crippen LogP contribution in [0.25, 0.3) is 0 Å². The molecule has 2 aromatic rings. The van der Waals surface area contributed by atoms with E-state index in [-0.39, 0.29) is 5.41 Å². The summed E-state index contributed by atoms with van der Waals surface area (Å²) < 4.78 is 0. The maximum absolute atomic E-state index is 11.0. The van der Waals surface area contributed by atoms with E-state index in [1.807, 2.05) is 27.7 Å². The van der Waals surface area contributed by atoms with Gasteiger partial charge in [-0.25, -0.2) is 0 Å². The topological polar surface area (TPSA) is 49.7 Å². The molecule has 1 unspecified atom stereocenters. The molecule has 0 spiro atoms. The molecule has 23 heavy (non-hydrogen) atoms. The lowest BCUT2D eigenvalue weighted by Crippen LogP contribution is -2.23. The SMILES string of the molecule is CCC(C)(c1cc(C)c(O)c(C)c1)c1cc(C)c(N=O)c(C)c1. The Hall–Kier alpha value is -2.16. The standard InChI is InChI=1S/C20H25NO2/c1-7-20(6,17-10-14(4)19(22)15(5)11-17)16-8-12(2)18(21-23)13(3)9-16/h8-11,22H,7H2,1-6H3. The van der Waals surface area contributed by atoms with Gasteiger partial charge in [0.25, 0.3) is 0 Å². The third-order valence-electron chi connectivity index (χ3n) is 5.05. The van der Waals surface area contributed by atoms with Crippen molar-refractivity contribution < 1.29 is 5.11 Å². The van der Waals surface area contributed by atoms with E-state index in [2.05, 4.69) is 43.3 Å². The first-order valence-corrected chi connectivity index (χ1v) is 8.00. The van der Waals surface area contributed by atoms with Gasteiger partial charge in [-0.3, -0.25) is 0 Å². The van der Waals surface area contributed by atoms with Gasteiger partial charge < -0.3 is 5.11 Å². The molecule has 3 heteroatoms. The molecule has 0 bridgehead atoms. The Bertz CT molecular complexity index is 718. The van der Waals surface area contributed by atoms with Gasteiger partial charge in [0.15, 0.2) is 0 Å². The van der Waals surface area contributed by atoms with Gasteiger partial charge in [-0.15, -0.1) is 4.91 Å². The molecular weight excluding hydrogens is 286 g/mol. The van der Waals surface area contributed by atoms with Gasteiger partial charge in [0.2, 0.25) is 0 Å². The van der Waals surface area contributed by atoms with Crippen LogP contribution in [0, 0.1) is 32.6 Å². The summed E-state index contributed by atoms with van der Waals surface area (Å²) in [5, 5.41) is 13.2. The number of nitroso groups, excluding NO2 is 1. The van der Waals surface area contributed by atoms with Crippen LogP contribution >= 0.6 is 0 Å². The summed E-state index contributed by atoms with van der Waals surface area (Å²) in [6.45, 7) is 12.1. The highest BCUT2D eigenvalue weighted by Gasteiger charge is 2.29. The average molecular weight is 311 g/mol. The Balaban J connectivity index is 2.69. The number of benzene rings is 2. The molecule has 0 fully saturated rings. The molecule has 1 N–H and O–H groups in total. The first-order chi connectivity index (χ1) is 10.7. The fourth-order valence-electron chi connectivity index (χ4n) is 3.27. The maximum atomic E-state index is 11.0. The van der Waals surface area contributed by atoms with Crippen molar-refractivity contribution in [3.63, 3.8) is 0 Å². The van der Waals surface area contributed by atoms with Gasteiger partial charge in [-0.05, 0) is 72.7 Å². The summed E-state index contributed by atoms with van der Waals surface area (Å²) in [5.74, 6) is 0.361. The second-order valence-electron chi connectivity index (χ2n) is 6.69. The lowest BCUT2D eigenvalue weighted by atomic mass is 9.72. The van der Waals surface area contributed by atoms with E-state index in [1.165, 1.54) is 11.1 Å². The van der Waals surface area contributed by atoms with Gasteiger partial charge in [0, 0.05) is 5.41 Å². The summed E-state index contributed by atoms with van der Waals surface area (Å²) in [7, 11) is 0. The van der Waals surface area contributed by atoms with Crippen LogP contribution in [-0.2, 0) is 5.41 Å². The first-order valence-electron chi connectivity index (χ1n) is 8.00. The molecule has 0 aliphatic heterocycles. The van der Waals surface area contributed by atoms with Crippen LogP contribution in [0.2, 0.25) is 0 Å². The number of phenols is 1. The zero-order valence-electron chi connectivity index (χ0n) is 14.8. The van der Waals surface area contributed by atoms with Gasteiger partial charge in [-0.1, -0.05) is 38.1 Å². The lowest BCUT2D eigenvalue weighted by Gasteiger charge is -2.31. The van der Waals surface area contributed by atoms with E-state index in [4.69, 9.17) is 0 Å². The number of hydrogen-bond acceptors (Lipinski definition) is 3. The molecule has 3 nitrogen and oxygen atoms in total. The van der Waals surface area contributed by atoms with Gasteiger partial charge in [0.1, 0.15) is 11.4 Å². The van der Waals surface area contributed by atoms with Crippen molar-refractivity contribution in [1.29, 1.82) is 0 Å². The number of aromatic hydroxyl groups is 1. The number of hydrogen-bond donors (Lipinski definition) is 1. The molecular formula is C20H25NO2. The summed E-state index contributed by atoms with van der Waals surface area (Å²) >= 11 is 0. The minimum Gasteiger partial charge on any atom is -0.507 e. The summed E-state index contributed by atoms with van der Waals surface area (Å²) in [6, 6.07) is 8.24. The van der Waals surface area contributed by atoms with E-state index in [0.717, 1.165) is 28.7 Å². The second-order valence-corrected chi connectivity index (χ2v) is 6.69. The molecule has 2 rings (SSSR count). The minimum absolute atomic E-state index is 0.180. The van der Waals surface area contributed by atoms with Gasteiger partial charge in [-0.2, -0.15) is 0 Å². The number of phenolic OH excluding ortho intramolecular Hbond substituents is 1. The fraction of sp³-hybridized carbons (Fsp3) is 0.400. The minimum atomic E-state index is -0.180. The molecule has 0 aliphatic rings. The van der Waals surface area contributed by atoms with E-state index in [0.29, 0.717) is 11.4 Å². The molecule has 0 saturated heterocycles. The quantitative estimate of drug-likeness (QED) is 0.732. The van der Waals surface area contributed by atoms with Gasteiger partial charge >= 0.3 is 0 Å². The fourth-order valence-corrected chi connectivity index (χ4v) is 3.27. The first kappa shape index (κ1) is 17.2. The highest BCUT2D eigenvalue weighted by molar-refractivity contribution is 5.57. The molecule has 0 saturated carbocycles. The van der Waals surface area contributed by atoms with E-state index in [1.54, 1.807) is 0 Å². The zero-order valence-corrected chi connectivity index (χ0v) is 14.8. The van der Waals surface area contributed by atoms with Crippen molar-refractivity contribution in [3.8, 4) is 5.75 Å². The average Bonchev–Trinajstić information content (AvgIpc) is 2.50. The third-order valence-corrected chi connectivity index (χ3v) is 5.05. The number of aryl methyl sites for hydroxylation is 4. The predicted octanol–water partition coefficient (Wildman–Crippen LogP) is 5.74. The Morgan fingerprint density at radius 2 is 1.30 bits per heavy atom. The van der Waals surface area contributed by atoms with Crippen LogP contribution in [0.1, 0.15) is 53.6 Å². The maximum Gasteiger partial charge on any atom is 0.121 e. The van der Waals surface area contributed by atoms with Gasteiger partial charge in [0.05, 0.1) is 0 Å². The normalized spacial score (nSPS) is 13.7. The highest BCUT2D eigenvalue weighted by atomic mass is 16.3. The lowest BCUT2D eigenvalue weighted by molar-refractivity contribution is 0.464. The van der Waals surface area contributed by atoms with E-state index < -0.39 is 0 Å². The van der Waals surface area contributed by atoms with Crippen LogP contribution in [0.3, 0.4) is 0 Å². The molecule has 0 amide bonds.